The number of amidine groups is 1. The molecule has 0 atom stereocenters. The summed E-state index contributed by atoms with van der Waals surface area (Å²) in [6.07, 6.45) is -0.574. The van der Waals surface area contributed by atoms with Crippen molar-refractivity contribution < 1.29 is 32.2 Å². The zero-order valence-corrected chi connectivity index (χ0v) is 26.4. The molecule has 0 radical (unpaired) electrons. The Morgan fingerprint density at radius 3 is 2.33 bits per heavy atom. The van der Waals surface area contributed by atoms with Crippen molar-refractivity contribution in [3.8, 4) is 5.88 Å². The fraction of sp³-hybridized carbons (Fsp3) is 0.567. The number of alkyl halides is 3. The lowest BCUT2D eigenvalue weighted by atomic mass is 9.95. The molecular formula is C30H38F3N7O4S. The summed E-state index contributed by atoms with van der Waals surface area (Å²) in [5, 5.41) is 6.41. The number of carbonyl (C=O) groups excluding carboxylic acids is 2. The second kappa shape index (κ2) is 14.3. The number of nitrogens with one attached hydrogen (secondary N) is 2. The van der Waals surface area contributed by atoms with Crippen LogP contribution >= 0.6 is 11.3 Å². The molecule has 0 saturated carbocycles. The summed E-state index contributed by atoms with van der Waals surface area (Å²) in [4.78, 5) is 43.0. The summed E-state index contributed by atoms with van der Waals surface area (Å²) in [5.74, 6) is 0.0145. The third-order valence-electron chi connectivity index (χ3n) is 8.08. The van der Waals surface area contributed by atoms with Crippen LogP contribution in [0.1, 0.15) is 65.7 Å². The highest BCUT2D eigenvalue weighted by atomic mass is 32.1. The number of aromatic nitrogens is 2. The number of urea groups is 1. The third kappa shape index (κ3) is 8.38. The second-order valence-corrected chi connectivity index (χ2v) is 12.4. The number of hydrogen-bond acceptors (Lipinski definition) is 10. The van der Waals surface area contributed by atoms with Crippen molar-refractivity contribution in [1.29, 1.82) is 0 Å². The number of piperidine rings is 2. The van der Waals surface area contributed by atoms with Crippen LogP contribution in [0.4, 0.5) is 18.0 Å². The van der Waals surface area contributed by atoms with Gasteiger partial charge in [0.1, 0.15) is 23.1 Å². The van der Waals surface area contributed by atoms with Gasteiger partial charge in [0.2, 0.25) is 5.88 Å². The molecule has 3 aliphatic rings. The van der Waals surface area contributed by atoms with Gasteiger partial charge in [0.05, 0.1) is 12.1 Å². The largest absolute Gasteiger partial charge is 0.474 e. The fourth-order valence-corrected chi connectivity index (χ4v) is 6.37. The SMILES string of the molecule is CCNC(=O)NC1=NCC(c2cc(C(=O)OC3CCN(C)CC3)cnc2OC2CCN(C)CC2)=C(c2nc(C(F)(F)F)cs2)C1. The standard InChI is InChI=1S/C30H38F3N7O4S/c1-4-34-29(42)38-25-14-22(27-37-24(17-45-27)30(31,32)33)23(16-35-25)21-13-18(28(41)44-20-7-11-40(3)12-8-20)15-36-26(21)43-19-5-9-39(2)10-6-19/h13,15,17,19-20H,4-12,14,16H2,1-3H3,(H2,34,35,38,42). The monoisotopic (exact) mass is 649 g/mol. The van der Waals surface area contributed by atoms with Crippen LogP contribution in [0.25, 0.3) is 11.1 Å². The number of aliphatic imine (C=N–C) groups is 1. The first-order chi connectivity index (χ1) is 21.5. The number of ether oxygens (including phenoxy) is 2. The minimum atomic E-state index is -4.62. The predicted octanol–water partition coefficient (Wildman–Crippen LogP) is 4.31. The van der Waals surface area contributed by atoms with Gasteiger partial charge in [0, 0.05) is 61.9 Å². The van der Waals surface area contributed by atoms with Crippen LogP contribution in [0.5, 0.6) is 5.88 Å². The first-order valence-corrected chi connectivity index (χ1v) is 16.0. The molecular weight excluding hydrogens is 611 g/mol. The van der Waals surface area contributed by atoms with Crippen LogP contribution in [-0.4, -0.2) is 103 Å². The van der Waals surface area contributed by atoms with E-state index in [1.54, 1.807) is 13.0 Å². The van der Waals surface area contributed by atoms with Crippen LogP contribution in [0.2, 0.25) is 0 Å². The first-order valence-electron chi connectivity index (χ1n) is 15.1. The quantitative estimate of drug-likeness (QED) is 0.426. The average molecular weight is 650 g/mol. The van der Waals surface area contributed by atoms with Crippen LogP contribution in [0.15, 0.2) is 22.6 Å². The number of pyridine rings is 1. The van der Waals surface area contributed by atoms with E-state index >= 15 is 0 Å². The Labute approximate surface area is 263 Å². The number of dihydropyridines is 1. The fourth-order valence-electron chi connectivity index (χ4n) is 5.47. The molecule has 0 aliphatic carbocycles. The molecule has 5 rings (SSSR count). The van der Waals surface area contributed by atoms with E-state index in [-0.39, 0.29) is 47.5 Å². The number of halogens is 3. The number of esters is 1. The van der Waals surface area contributed by atoms with E-state index in [0.717, 1.165) is 68.6 Å². The van der Waals surface area contributed by atoms with Gasteiger partial charge < -0.3 is 24.6 Å². The number of nitrogens with zero attached hydrogens (tertiary/aromatic N) is 5. The van der Waals surface area contributed by atoms with Gasteiger partial charge >= 0.3 is 18.2 Å². The van der Waals surface area contributed by atoms with Crippen LogP contribution in [0.3, 0.4) is 0 Å². The average Bonchev–Trinajstić information content (AvgIpc) is 3.51. The van der Waals surface area contributed by atoms with Gasteiger partial charge in [-0.15, -0.1) is 11.3 Å². The maximum absolute atomic E-state index is 13.6. The maximum Gasteiger partial charge on any atom is 0.434 e. The lowest BCUT2D eigenvalue weighted by molar-refractivity contribution is -0.140. The topological polar surface area (TPSA) is 121 Å². The van der Waals surface area contributed by atoms with Crippen LogP contribution in [0, 0.1) is 0 Å². The number of thiazole rings is 1. The summed E-state index contributed by atoms with van der Waals surface area (Å²) in [6, 6.07) is 1.15. The molecule has 2 saturated heterocycles. The highest BCUT2D eigenvalue weighted by Gasteiger charge is 2.35. The van der Waals surface area contributed by atoms with Gasteiger partial charge in [-0.3, -0.25) is 10.3 Å². The minimum absolute atomic E-state index is 0.00307. The summed E-state index contributed by atoms with van der Waals surface area (Å²) in [5.41, 5.74) is 0.590. The van der Waals surface area contributed by atoms with Gasteiger partial charge in [-0.05, 0) is 58.3 Å². The van der Waals surface area contributed by atoms with Gasteiger partial charge in [-0.25, -0.2) is 19.6 Å². The predicted molar refractivity (Wildman–Crippen MR) is 164 cm³/mol. The zero-order chi connectivity index (χ0) is 32.1. The van der Waals surface area contributed by atoms with E-state index in [9.17, 15) is 22.8 Å². The minimum Gasteiger partial charge on any atom is -0.474 e. The second-order valence-electron chi connectivity index (χ2n) is 11.5. The van der Waals surface area contributed by atoms with Crippen LogP contribution < -0.4 is 15.4 Å². The summed E-state index contributed by atoms with van der Waals surface area (Å²) < 4.78 is 53.0. The molecule has 0 bridgehead atoms. The Balaban J connectivity index is 1.53. The van der Waals surface area contributed by atoms with Crippen molar-refractivity contribution in [3.63, 3.8) is 0 Å². The van der Waals surface area contributed by atoms with Crippen molar-refractivity contribution in [2.45, 2.75) is 57.4 Å². The number of hydrogen-bond donors (Lipinski definition) is 2. The van der Waals surface area contributed by atoms with Crippen molar-refractivity contribution in [1.82, 2.24) is 30.4 Å². The molecule has 0 spiro atoms. The Hall–Kier alpha value is -3.56. The molecule has 45 heavy (non-hydrogen) atoms. The van der Waals surface area contributed by atoms with Gasteiger partial charge in [0.15, 0.2) is 5.69 Å². The maximum atomic E-state index is 13.6. The summed E-state index contributed by atoms with van der Waals surface area (Å²) in [6.45, 7) is 5.47. The highest BCUT2D eigenvalue weighted by Crippen LogP contribution is 2.40. The molecule has 2 fully saturated rings. The Bertz CT molecular complexity index is 1450. The van der Waals surface area contributed by atoms with Gasteiger partial charge in [0.25, 0.3) is 0 Å². The molecule has 2 aromatic rings. The van der Waals surface area contributed by atoms with Crippen molar-refractivity contribution in [3.05, 3.63) is 39.5 Å². The Kier molecular flexibility index (Phi) is 10.4. The normalized spacial score (nSPS) is 19.3. The van der Waals surface area contributed by atoms with E-state index in [0.29, 0.717) is 23.3 Å². The number of carbonyl (C=O) groups is 2. The smallest absolute Gasteiger partial charge is 0.434 e. The molecule has 15 heteroatoms. The molecule has 0 unspecified atom stereocenters. The van der Waals surface area contributed by atoms with E-state index in [4.69, 9.17) is 9.47 Å². The molecule has 11 nitrogen and oxygen atoms in total. The van der Waals surface area contributed by atoms with Crippen molar-refractivity contribution in [2.24, 2.45) is 4.99 Å². The van der Waals surface area contributed by atoms with E-state index in [2.05, 4.69) is 35.4 Å². The number of likely N-dealkylation sites (tertiary alicyclic amines) is 2. The van der Waals surface area contributed by atoms with Crippen molar-refractivity contribution in [2.75, 3.05) is 53.4 Å². The highest BCUT2D eigenvalue weighted by molar-refractivity contribution is 7.11. The van der Waals surface area contributed by atoms with Crippen molar-refractivity contribution >= 4 is 40.3 Å². The lowest BCUT2D eigenvalue weighted by Gasteiger charge is -2.30. The molecule has 2 N–H and O–H groups in total. The van der Waals surface area contributed by atoms with Crippen LogP contribution in [-0.2, 0) is 10.9 Å². The summed E-state index contributed by atoms with van der Waals surface area (Å²) >= 11 is 0.854. The number of rotatable bonds is 7. The van der Waals surface area contributed by atoms with E-state index < -0.39 is 23.9 Å². The first kappa shape index (κ1) is 32.8. The molecule has 2 aromatic heterocycles. The molecule has 244 valence electrons. The van der Waals surface area contributed by atoms with E-state index in [1.165, 1.54) is 6.20 Å². The summed E-state index contributed by atoms with van der Waals surface area (Å²) in [7, 11) is 4.06. The van der Waals surface area contributed by atoms with Gasteiger partial charge in [-0.1, -0.05) is 0 Å². The zero-order valence-electron chi connectivity index (χ0n) is 25.6. The molecule has 5 heterocycles. The lowest BCUT2D eigenvalue weighted by Crippen LogP contribution is -2.40. The number of amides is 2. The Morgan fingerprint density at radius 1 is 1.04 bits per heavy atom. The molecule has 3 aliphatic heterocycles. The van der Waals surface area contributed by atoms with Gasteiger partial charge in [-0.2, -0.15) is 13.2 Å². The molecule has 2 amide bonds. The molecule has 0 aromatic carbocycles. The third-order valence-corrected chi connectivity index (χ3v) is 8.98. The Morgan fingerprint density at radius 2 is 1.71 bits per heavy atom. The van der Waals surface area contributed by atoms with E-state index in [1.807, 2.05) is 14.1 Å².